The lowest BCUT2D eigenvalue weighted by Gasteiger charge is -2.07. The van der Waals surface area contributed by atoms with Crippen molar-refractivity contribution in [3.63, 3.8) is 0 Å². The molecular formula is C27H24BrN3OS4. The maximum absolute atomic E-state index is 6.15. The van der Waals surface area contributed by atoms with E-state index >= 15 is 0 Å². The van der Waals surface area contributed by atoms with E-state index in [4.69, 9.17) is 19.4 Å². The van der Waals surface area contributed by atoms with Crippen molar-refractivity contribution in [2.75, 3.05) is 5.75 Å². The van der Waals surface area contributed by atoms with Crippen LogP contribution in [0, 0.1) is 0 Å². The van der Waals surface area contributed by atoms with Crippen molar-refractivity contribution in [3.05, 3.63) is 71.2 Å². The molecule has 2 aromatic heterocycles. The third-order valence-corrected chi connectivity index (χ3v) is 10.3. The Hall–Kier alpha value is -1.65. The maximum atomic E-state index is 6.15. The molecule has 0 fully saturated rings. The van der Waals surface area contributed by atoms with Gasteiger partial charge in [0.15, 0.2) is 5.82 Å². The molecule has 3 aromatic carbocycles. The predicted octanol–water partition coefficient (Wildman–Crippen LogP) is 10.3. The van der Waals surface area contributed by atoms with Crippen LogP contribution in [-0.2, 0) is 0 Å². The number of nitrogens with zero attached hydrogens (tertiary/aromatic N) is 3. The first-order valence-electron chi connectivity index (χ1n) is 11.8. The van der Waals surface area contributed by atoms with Gasteiger partial charge in [-0.05, 0) is 81.3 Å². The van der Waals surface area contributed by atoms with E-state index in [0.29, 0.717) is 11.0 Å². The molecule has 0 spiro atoms. The predicted molar refractivity (Wildman–Crippen MR) is 161 cm³/mol. The number of fused-ring (bicyclic) bond motifs is 3. The Morgan fingerprint density at radius 2 is 1.50 bits per heavy atom. The zero-order valence-electron chi connectivity index (χ0n) is 19.6. The molecule has 0 aliphatic rings. The van der Waals surface area contributed by atoms with Crippen molar-refractivity contribution in [1.29, 1.82) is 0 Å². The summed E-state index contributed by atoms with van der Waals surface area (Å²) in [4.78, 5) is 15.5. The molecule has 184 valence electrons. The zero-order chi connectivity index (χ0) is 24.7. The van der Waals surface area contributed by atoms with Crippen LogP contribution in [0.5, 0.6) is 0 Å². The minimum absolute atomic E-state index is 0.666. The molecule has 0 saturated carbocycles. The SMILES string of the molecule is CCCCCCSSc1nc(SSc2ccccc2)nc(-c2ccc3c(c2)oc2cc(Br)ccc23)n1. The van der Waals surface area contributed by atoms with Crippen LogP contribution in [0.2, 0.25) is 0 Å². The summed E-state index contributed by atoms with van der Waals surface area (Å²) >= 11 is 3.53. The number of hydrogen-bond donors (Lipinski definition) is 0. The van der Waals surface area contributed by atoms with Crippen LogP contribution in [0.4, 0.5) is 0 Å². The summed E-state index contributed by atoms with van der Waals surface area (Å²) in [6.45, 7) is 2.24. The van der Waals surface area contributed by atoms with Gasteiger partial charge in [0, 0.05) is 31.5 Å². The molecule has 2 heterocycles. The summed E-state index contributed by atoms with van der Waals surface area (Å²) in [5.74, 6) is 1.76. The van der Waals surface area contributed by atoms with Gasteiger partial charge in [0.25, 0.3) is 0 Å². The lowest BCUT2D eigenvalue weighted by Crippen LogP contribution is -1.97. The molecule has 0 N–H and O–H groups in total. The van der Waals surface area contributed by atoms with Gasteiger partial charge in [-0.25, -0.2) is 9.97 Å². The van der Waals surface area contributed by atoms with Crippen molar-refractivity contribution in [3.8, 4) is 11.4 Å². The third kappa shape index (κ3) is 6.61. The van der Waals surface area contributed by atoms with Crippen LogP contribution in [0.25, 0.3) is 33.3 Å². The molecule has 0 radical (unpaired) electrons. The number of unbranched alkanes of at least 4 members (excludes halogenated alkanes) is 3. The molecule has 0 atom stereocenters. The van der Waals surface area contributed by atoms with Gasteiger partial charge in [-0.1, -0.05) is 77.2 Å². The summed E-state index contributed by atoms with van der Waals surface area (Å²) in [7, 11) is 6.67. The molecule has 0 amide bonds. The fourth-order valence-electron chi connectivity index (χ4n) is 3.68. The molecule has 9 heteroatoms. The molecule has 0 aliphatic carbocycles. The number of hydrogen-bond acceptors (Lipinski definition) is 8. The van der Waals surface area contributed by atoms with Crippen LogP contribution >= 0.6 is 59.1 Å². The van der Waals surface area contributed by atoms with E-state index in [1.807, 2.05) is 47.2 Å². The van der Waals surface area contributed by atoms with E-state index in [2.05, 4.69) is 53.2 Å². The number of benzene rings is 3. The third-order valence-electron chi connectivity index (χ3n) is 5.46. The van der Waals surface area contributed by atoms with E-state index < -0.39 is 0 Å². The normalized spacial score (nSPS) is 11.5. The molecule has 0 saturated heterocycles. The van der Waals surface area contributed by atoms with Crippen LogP contribution in [0.3, 0.4) is 0 Å². The van der Waals surface area contributed by atoms with E-state index in [0.717, 1.165) is 42.9 Å². The Labute approximate surface area is 235 Å². The van der Waals surface area contributed by atoms with Gasteiger partial charge >= 0.3 is 0 Å². The minimum Gasteiger partial charge on any atom is -0.456 e. The molecule has 5 aromatic rings. The fraction of sp³-hybridized carbons (Fsp3) is 0.222. The summed E-state index contributed by atoms with van der Waals surface area (Å²) in [6.07, 6.45) is 5.03. The summed E-state index contributed by atoms with van der Waals surface area (Å²) in [5, 5.41) is 3.63. The second-order valence-electron chi connectivity index (χ2n) is 8.12. The molecule has 0 unspecified atom stereocenters. The van der Waals surface area contributed by atoms with Gasteiger partial charge in [0.1, 0.15) is 11.2 Å². The Kier molecular flexibility index (Phi) is 9.19. The fourth-order valence-corrected chi connectivity index (χ4v) is 7.73. The van der Waals surface area contributed by atoms with Crippen molar-refractivity contribution in [1.82, 2.24) is 15.0 Å². The number of halogens is 1. The van der Waals surface area contributed by atoms with Crippen molar-refractivity contribution in [2.45, 2.75) is 47.8 Å². The maximum Gasteiger partial charge on any atom is 0.203 e. The highest BCUT2D eigenvalue weighted by molar-refractivity contribution is 9.10. The highest BCUT2D eigenvalue weighted by Gasteiger charge is 2.14. The van der Waals surface area contributed by atoms with E-state index in [-0.39, 0.29) is 0 Å². The molecule has 0 aliphatic heterocycles. The standard InChI is InChI=1S/C27H24BrN3OS4/c1-2-3-4-8-15-33-35-26-29-25(30-27(31-26)36-34-20-9-6-5-7-10-20)18-11-13-21-22-14-12-19(28)17-24(22)32-23(21)16-18/h5-7,9-14,16-17H,2-4,8,15H2,1H3. The first-order chi connectivity index (χ1) is 17.7. The highest BCUT2D eigenvalue weighted by atomic mass is 79.9. The lowest BCUT2D eigenvalue weighted by molar-refractivity contribution is 0.668. The van der Waals surface area contributed by atoms with Gasteiger partial charge in [-0.3, -0.25) is 0 Å². The number of rotatable bonds is 11. The monoisotopic (exact) mass is 613 g/mol. The van der Waals surface area contributed by atoms with Gasteiger partial charge in [0.05, 0.1) is 0 Å². The Balaban J connectivity index is 1.42. The molecule has 5 rings (SSSR count). The molecule has 36 heavy (non-hydrogen) atoms. The van der Waals surface area contributed by atoms with Gasteiger partial charge in [-0.15, -0.1) is 0 Å². The van der Waals surface area contributed by atoms with Crippen LogP contribution in [0.15, 0.2) is 90.8 Å². The second-order valence-corrected chi connectivity index (χ2v) is 13.6. The quantitative estimate of drug-likeness (QED) is 0.108. The second kappa shape index (κ2) is 12.7. The Morgan fingerprint density at radius 3 is 2.31 bits per heavy atom. The zero-order valence-corrected chi connectivity index (χ0v) is 24.5. The lowest BCUT2D eigenvalue weighted by atomic mass is 10.1. The first kappa shape index (κ1) is 26.0. The van der Waals surface area contributed by atoms with Crippen molar-refractivity contribution < 1.29 is 4.42 Å². The van der Waals surface area contributed by atoms with Gasteiger partial charge in [-0.2, -0.15) is 4.98 Å². The van der Waals surface area contributed by atoms with Crippen LogP contribution in [0.1, 0.15) is 32.6 Å². The average molecular weight is 615 g/mol. The smallest absolute Gasteiger partial charge is 0.203 e. The van der Waals surface area contributed by atoms with E-state index in [1.165, 1.54) is 30.6 Å². The van der Waals surface area contributed by atoms with Crippen LogP contribution < -0.4 is 0 Å². The van der Waals surface area contributed by atoms with Crippen LogP contribution in [-0.4, -0.2) is 20.7 Å². The Bertz CT molecular complexity index is 1460. The summed E-state index contributed by atoms with van der Waals surface area (Å²) < 4.78 is 7.15. The highest BCUT2D eigenvalue weighted by Crippen LogP contribution is 2.39. The van der Waals surface area contributed by atoms with E-state index in [1.54, 1.807) is 32.4 Å². The van der Waals surface area contributed by atoms with Crippen molar-refractivity contribution in [2.24, 2.45) is 0 Å². The number of furan rings is 1. The molecular weight excluding hydrogens is 590 g/mol. The topological polar surface area (TPSA) is 51.8 Å². The summed E-state index contributed by atoms with van der Waals surface area (Å²) in [6, 6.07) is 22.6. The van der Waals surface area contributed by atoms with Crippen molar-refractivity contribution >= 4 is 81.0 Å². The van der Waals surface area contributed by atoms with Gasteiger partial charge < -0.3 is 4.42 Å². The average Bonchev–Trinajstić information content (AvgIpc) is 3.26. The van der Waals surface area contributed by atoms with Gasteiger partial charge in [0.2, 0.25) is 10.3 Å². The Morgan fingerprint density at radius 1 is 0.750 bits per heavy atom. The first-order valence-corrected chi connectivity index (χ1v) is 17.0. The number of aromatic nitrogens is 3. The van der Waals surface area contributed by atoms with E-state index in [9.17, 15) is 0 Å². The largest absolute Gasteiger partial charge is 0.456 e. The summed E-state index contributed by atoms with van der Waals surface area (Å²) in [5.41, 5.74) is 2.61. The minimum atomic E-state index is 0.666. The molecule has 4 nitrogen and oxygen atoms in total. The molecule has 0 bridgehead atoms.